The lowest BCUT2D eigenvalue weighted by molar-refractivity contribution is -0.136. The Hall–Kier alpha value is -4.05. The molecule has 206 valence electrons. The zero-order chi connectivity index (χ0) is 28.2. The van der Waals surface area contributed by atoms with Crippen molar-refractivity contribution in [2.24, 2.45) is 0 Å². The van der Waals surface area contributed by atoms with Crippen LogP contribution in [0.1, 0.15) is 31.9 Å². The summed E-state index contributed by atoms with van der Waals surface area (Å²) in [6.07, 6.45) is 0.173. The normalized spacial score (nSPS) is 14.9. The number of hydrogen-bond donors (Lipinski definition) is 2. The first kappa shape index (κ1) is 28.0. The fourth-order valence-electron chi connectivity index (χ4n) is 4.34. The first-order valence-corrected chi connectivity index (χ1v) is 14.0. The molecule has 0 aliphatic carbocycles. The predicted molar refractivity (Wildman–Crippen MR) is 147 cm³/mol. The lowest BCUT2D eigenvalue weighted by atomic mass is 10.1. The summed E-state index contributed by atoms with van der Waals surface area (Å²) in [7, 11) is -4.05. The highest BCUT2D eigenvalue weighted by Crippen LogP contribution is 2.37. The van der Waals surface area contributed by atoms with Crippen molar-refractivity contribution >= 4 is 27.6 Å². The Morgan fingerprint density at radius 2 is 1.62 bits per heavy atom. The first-order valence-electron chi connectivity index (χ1n) is 12.6. The number of fused-ring (bicyclic) bond motifs is 1. The molecule has 0 bridgehead atoms. The van der Waals surface area contributed by atoms with E-state index in [9.17, 15) is 18.0 Å². The van der Waals surface area contributed by atoms with Crippen molar-refractivity contribution in [3.8, 4) is 11.5 Å². The Bertz CT molecular complexity index is 1430. The molecule has 1 aliphatic rings. The van der Waals surface area contributed by atoms with Crippen molar-refractivity contribution in [2.75, 3.05) is 17.5 Å². The highest BCUT2D eigenvalue weighted by molar-refractivity contribution is 7.93. The number of aliphatic carboxylic acids is 1. The number of anilines is 1. The van der Waals surface area contributed by atoms with Gasteiger partial charge in [0.25, 0.3) is 10.0 Å². The largest absolute Gasteiger partial charge is 0.492 e. The highest BCUT2D eigenvalue weighted by Gasteiger charge is 2.42. The smallest absolute Gasteiger partial charge is 0.307 e. The number of benzene rings is 3. The molecule has 1 atom stereocenters. The Labute approximate surface area is 228 Å². The standard InChI is InChI=1S/C29H32N2O7S/c1-29(2,3)38-23-12-14-24(15-13-23)39(35,36)31-25-7-5-4-6-21(25)19-26(31)28(34)30-16-17-37-22-10-8-20(9-11-22)18-27(32)33/h4-15,26H,16-19H2,1-3H3,(H,30,34)(H,32,33)/t26-/m0/s1. The molecule has 0 saturated carbocycles. The van der Waals surface area contributed by atoms with Gasteiger partial charge < -0.3 is 19.9 Å². The van der Waals surface area contributed by atoms with E-state index in [-0.39, 0.29) is 30.9 Å². The Morgan fingerprint density at radius 1 is 0.974 bits per heavy atom. The van der Waals surface area contributed by atoms with Crippen LogP contribution in [0.3, 0.4) is 0 Å². The molecule has 1 heterocycles. The van der Waals surface area contributed by atoms with E-state index in [4.69, 9.17) is 14.6 Å². The monoisotopic (exact) mass is 552 g/mol. The van der Waals surface area contributed by atoms with Gasteiger partial charge in [-0.3, -0.25) is 13.9 Å². The molecule has 0 fully saturated rings. The van der Waals surface area contributed by atoms with Crippen LogP contribution in [0.25, 0.3) is 0 Å². The maximum absolute atomic E-state index is 13.8. The number of carboxylic acids is 1. The van der Waals surface area contributed by atoms with Gasteiger partial charge in [-0.1, -0.05) is 30.3 Å². The molecule has 1 aliphatic heterocycles. The van der Waals surface area contributed by atoms with Gasteiger partial charge in [-0.2, -0.15) is 0 Å². The number of ether oxygens (including phenoxy) is 2. The number of nitrogens with one attached hydrogen (secondary N) is 1. The minimum absolute atomic E-state index is 0.0629. The van der Waals surface area contributed by atoms with Crippen LogP contribution in [-0.2, 0) is 32.5 Å². The van der Waals surface area contributed by atoms with Gasteiger partial charge >= 0.3 is 5.97 Å². The van der Waals surface area contributed by atoms with Crippen LogP contribution < -0.4 is 19.1 Å². The summed E-state index contributed by atoms with van der Waals surface area (Å²) in [5, 5.41) is 11.7. The summed E-state index contributed by atoms with van der Waals surface area (Å²) in [5.41, 5.74) is 1.48. The molecule has 0 saturated heterocycles. The van der Waals surface area contributed by atoms with Crippen LogP contribution in [0, 0.1) is 0 Å². The summed E-state index contributed by atoms with van der Waals surface area (Å²) < 4.78 is 40.2. The number of amides is 1. The Balaban J connectivity index is 1.44. The quantitative estimate of drug-likeness (QED) is 0.367. The van der Waals surface area contributed by atoms with Gasteiger partial charge in [0.05, 0.1) is 23.5 Å². The van der Waals surface area contributed by atoms with Crippen molar-refractivity contribution in [1.29, 1.82) is 0 Å². The average molecular weight is 553 g/mol. The van der Waals surface area contributed by atoms with Crippen LogP contribution in [0.4, 0.5) is 5.69 Å². The molecule has 0 aromatic heterocycles. The van der Waals surface area contributed by atoms with E-state index in [1.165, 1.54) is 16.4 Å². The number of carboxylic acid groups (broad SMARTS) is 1. The molecule has 39 heavy (non-hydrogen) atoms. The molecule has 4 rings (SSSR count). The molecule has 0 spiro atoms. The molecule has 9 nitrogen and oxygen atoms in total. The fraction of sp³-hybridized carbons (Fsp3) is 0.310. The molecule has 3 aromatic carbocycles. The third-order valence-electron chi connectivity index (χ3n) is 5.98. The van der Waals surface area contributed by atoms with Gasteiger partial charge in [-0.25, -0.2) is 8.42 Å². The minimum Gasteiger partial charge on any atom is -0.492 e. The zero-order valence-electron chi connectivity index (χ0n) is 22.1. The number of carbonyl (C=O) groups is 2. The van der Waals surface area contributed by atoms with E-state index < -0.39 is 33.5 Å². The molecule has 1 amide bonds. The SMILES string of the molecule is CC(C)(C)Oc1ccc(S(=O)(=O)N2c3ccccc3C[C@H]2C(=O)NCCOc2ccc(CC(=O)O)cc2)cc1. The minimum atomic E-state index is -4.05. The number of hydrogen-bond acceptors (Lipinski definition) is 6. The number of nitrogens with zero attached hydrogens (tertiary/aromatic N) is 1. The second-order valence-corrected chi connectivity index (χ2v) is 12.0. The average Bonchev–Trinajstić information content (AvgIpc) is 3.27. The summed E-state index contributed by atoms with van der Waals surface area (Å²) in [5.74, 6) is -0.255. The number of carbonyl (C=O) groups excluding carboxylic acids is 1. The van der Waals surface area contributed by atoms with Crippen molar-refractivity contribution in [1.82, 2.24) is 5.32 Å². The van der Waals surface area contributed by atoms with Gasteiger partial charge in [0.15, 0.2) is 0 Å². The Morgan fingerprint density at radius 3 is 2.26 bits per heavy atom. The topological polar surface area (TPSA) is 122 Å². The lowest BCUT2D eigenvalue weighted by Crippen LogP contribution is -2.48. The molecule has 0 radical (unpaired) electrons. The second-order valence-electron chi connectivity index (χ2n) is 10.2. The van der Waals surface area contributed by atoms with Crippen molar-refractivity contribution in [3.63, 3.8) is 0 Å². The van der Waals surface area contributed by atoms with Crippen molar-refractivity contribution < 1.29 is 32.6 Å². The van der Waals surface area contributed by atoms with E-state index in [0.29, 0.717) is 22.7 Å². The van der Waals surface area contributed by atoms with Crippen LogP contribution in [0.5, 0.6) is 11.5 Å². The third kappa shape index (κ3) is 6.88. The van der Waals surface area contributed by atoms with Crippen LogP contribution in [0.15, 0.2) is 77.7 Å². The lowest BCUT2D eigenvalue weighted by Gasteiger charge is -2.26. The number of sulfonamides is 1. The van der Waals surface area contributed by atoms with Crippen molar-refractivity contribution in [2.45, 2.75) is 50.2 Å². The summed E-state index contributed by atoms with van der Waals surface area (Å²) >= 11 is 0. The molecule has 2 N–H and O–H groups in total. The third-order valence-corrected chi connectivity index (χ3v) is 7.82. The maximum Gasteiger partial charge on any atom is 0.307 e. The van der Waals surface area contributed by atoms with Crippen LogP contribution in [-0.4, -0.2) is 50.2 Å². The maximum atomic E-state index is 13.8. The van der Waals surface area contributed by atoms with E-state index in [1.54, 1.807) is 48.5 Å². The molecule has 0 unspecified atom stereocenters. The first-order chi connectivity index (χ1) is 18.4. The summed E-state index contributed by atoms with van der Waals surface area (Å²) in [4.78, 5) is 24.1. The van der Waals surface area contributed by atoms with Crippen LogP contribution >= 0.6 is 0 Å². The molecule has 10 heteroatoms. The van der Waals surface area contributed by atoms with Gasteiger partial charge in [0.2, 0.25) is 5.91 Å². The van der Waals surface area contributed by atoms with E-state index in [0.717, 1.165) is 5.56 Å². The van der Waals surface area contributed by atoms with E-state index in [2.05, 4.69) is 5.32 Å². The van der Waals surface area contributed by atoms with Crippen molar-refractivity contribution in [3.05, 3.63) is 83.9 Å². The second kappa shape index (κ2) is 11.4. The fourth-order valence-corrected chi connectivity index (χ4v) is 5.99. The van der Waals surface area contributed by atoms with Gasteiger partial charge in [-0.15, -0.1) is 0 Å². The highest BCUT2D eigenvalue weighted by atomic mass is 32.2. The van der Waals surface area contributed by atoms with Gasteiger partial charge in [-0.05, 0) is 74.4 Å². The predicted octanol–water partition coefficient (Wildman–Crippen LogP) is 3.81. The number of para-hydroxylation sites is 1. The molecule has 3 aromatic rings. The van der Waals surface area contributed by atoms with Crippen LogP contribution in [0.2, 0.25) is 0 Å². The summed E-state index contributed by atoms with van der Waals surface area (Å²) in [6.45, 7) is 6.04. The summed E-state index contributed by atoms with van der Waals surface area (Å²) in [6, 6.07) is 19.0. The van der Waals surface area contributed by atoms with E-state index >= 15 is 0 Å². The molecular weight excluding hydrogens is 520 g/mol. The Kier molecular flexibility index (Phi) is 8.15. The van der Waals surface area contributed by atoms with E-state index in [1.807, 2.05) is 32.9 Å². The number of rotatable bonds is 10. The van der Waals surface area contributed by atoms with Gasteiger partial charge in [0.1, 0.15) is 29.7 Å². The molecular formula is C29H32N2O7S. The zero-order valence-corrected chi connectivity index (χ0v) is 22.9. The van der Waals surface area contributed by atoms with Gasteiger partial charge in [0, 0.05) is 6.42 Å².